The number of hydrogen-bond acceptors (Lipinski definition) is 8. The van der Waals surface area contributed by atoms with Gasteiger partial charge in [-0.3, -0.25) is 4.79 Å². The lowest BCUT2D eigenvalue weighted by atomic mass is 9.98. The van der Waals surface area contributed by atoms with E-state index >= 15 is 0 Å². The first-order chi connectivity index (χ1) is 24.4. The molecule has 1 atom stereocenters. The third-order valence-corrected chi connectivity index (χ3v) is 8.95. The lowest BCUT2D eigenvalue weighted by Crippen LogP contribution is -2.48. The molecule has 2 aliphatic rings. The van der Waals surface area contributed by atoms with E-state index in [9.17, 15) is 9.59 Å². The highest BCUT2D eigenvalue weighted by atomic mass is 16.7. The summed E-state index contributed by atoms with van der Waals surface area (Å²) in [7, 11) is 3.05. The van der Waals surface area contributed by atoms with Crippen LogP contribution in [-0.2, 0) is 16.0 Å². The predicted octanol–water partition coefficient (Wildman–Crippen LogP) is 7.46. The number of hydrogen-bond donors (Lipinski definition) is 1. The van der Waals surface area contributed by atoms with Crippen LogP contribution in [0.2, 0.25) is 0 Å². The molecule has 1 heterocycles. The van der Waals surface area contributed by atoms with Gasteiger partial charge in [0.25, 0.3) is 5.91 Å². The molecular formula is C41H36N2O7. The van der Waals surface area contributed by atoms with Crippen molar-refractivity contribution in [3.63, 3.8) is 0 Å². The molecule has 9 nitrogen and oxygen atoms in total. The molecule has 0 saturated carbocycles. The van der Waals surface area contributed by atoms with Gasteiger partial charge in [-0.1, -0.05) is 97.1 Å². The highest BCUT2D eigenvalue weighted by molar-refractivity contribution is 6.15. The average molecular weight is 669 g/mol. The summed E-state index contributed by atoms with van der Waals surface area (Å²) in [5, 5.41) is 0. The number of benzene rings is 5. The molecule has 2 amide bonds. The number of nitrogens with zero attached hydrogens (tertiary/aromatic N) is 1. The third kappa shape index (κ3) is 6.38. The molecule has 2 N–H and O–H groups in total. The summed E-state index contributed by atoms with van der Waals surface area (Å²) in [5.41, 5.74) is 13.4. The van der Waals surface area contributed by atoms with Crippen LogP contribution in [0.25, 0.3) is 23.3 Å². The number of rotatable bonds is 10. The van der Waals surface area contributed by atoms with Crippen molar-refractivity contribution in [2.75, 3.05) is 32.5 Å². The van der Waals surface area contributed by atoms with E-state index in [1.807, 2.05) is 97.1 Å². The summed E-state index contributed by atoms with van der Waals surface area (Å²) in [4.78, 5) is 29.4. The number of amides is 2. The predicted molar refractivity (Wildman–Crippen MR) is 192 cm³/mol. The minimum atomic E-state index is -1.04. The molecule has 5 aromatic carbocycles. The Morgan fingerprint density at radius 3 is 2.16 bits per heavy atom. The van der Waals surface area contributed by atoms with Crippen LogP contribution in [0.5, 0.6) is 23.0 Å². The molecule has 0 aromatic heterocycles. The number of anilines is 1. The van der Waals surface area contributed by atoms with Crippen molar-refractivity contribution in [2.45, 2.75) is 18.4 Å². The first kappa shape index (κ1) is 32.5. The van der Waals surface area contributed by atoms with Crippen molar-refractivity contribution in [3.05, 3.63) is 137 Å². The largest absolute Gasteiger partial charge is 0.495 e. The fourth-order valence-corrected chi connectivity index (χ4v) is 6.51. The summed E-state index contributed by atoms with van der Waals surface area (Å²) < 4.78 is 28.3. The van der Waals surface area contributed by atoms with Gasteiger partial charge >= 0.3 is 6.09 Å². The van der Waals surface area contributed by atoms with Crippen molar-refractivity contribution >= 4 is 29.8 Å². The van der Waals surface area contributed by atoms with Crippen molar-refractivity contribution < 1.29 is 33.3 Å². The second kappa shape index (κ2) is 14.2. The van der Waals surface area contributed by atoms with Crippen LogP contribution in [0, 0.1) is 0 Å². The normalized spacial score (nSPS) is 13.4. The average Bonchev–Trinajstić information content (AvgIpc) is 3.76. The number of imide groups is 1. The summed E-state index contributed by atoms with van der Waals surface area (Å²) in [5.74, 6) is 1.18. The summed E-state index contributed by atoms with van der Waals surface area (Å²) >= 11 is 0. The third-order valence-electron chi connectivity index (χ3n) is 8.95. The lowest BCUT2D eigenvalue weighted by Gasteiger charge is -2.26. The van der Waals surface area contributed by atoms with Gasteiger partial charge < -0.3 is 29.4 Å². The Morgan fingerprint density at radius 1 is 0.800 bits per heavy atom. The zero-order chi connectivity index (χ0) is 34.6. The Labute approximate surface area is 290 Å². The molecule has 5 aromatic rings. The summed E-state index contributed by atoms with van der Waals surface area (Å²) in [6.45, 7) is 0.144. The fourth-order valence-electron chi connectivity index (χ4n) is 6.51. The van der Waals surface area contributed by atoms with E-state index in [4.69, 9.17) is 29.4 Å². The Morgan fingerprint density at radius 2 is 1.46 bits per heavy atom. The Hall–Kier alpha value is -6.06. The van der Waals surface area contributed by atoms with E-state index in [2.05, 4.69) is 12.1 Å². The Balaban J connectivity index is 1.21. The van der Waals surface area contributed by atoms with E-state index in [0.717, 1.165) is 38.3 Å². The Kier molecular flexibility index (Phi) is 9.22. The smallest absolute Gasteiger partial charge is 0.421 e. The fraction of sp³-hybridized carbons (Fsp3) is 0.171. The summed E-state index contributed by atoms with van der Waals surface area (Å²) in [6.07, 6.45) is 3.10. The van der Waals surface area contributed by atoms with Gasteiger partial charge in [0.05, 0.1) is 25.9 Å². The molecule has 252 valence electrons. The van der Waals surface area contributed by atoms with E-state index in [1.54, 1.807) is 19.2 Å². The minimum absolute atomic E-state index is 0.0262. The highest BCUT2D eigenvalue weighted by Crippen LogP contribution is 2.45. The standard InChI is InChI=1S/C41H36N2O7/c1-46-36-19-18-27(16-17-28-22-37(47-2)39-38(23-28)49-25-50-39)21-35(36)43(40(44)34(42)20-26-10-4-3-5-11-26)41(45)48-24-33-31-14-8-6-12-29(31)30-13-7-9-15-32(30)33/h3-19,21-23,33-34H,20,24-25,42H2,1-2H3/b17-16-/t34-/m0/s1. The molecule has 50 heavy (non-hydrogen) atoms. The number of nitrogens with two attached hydrogens (primary N) is 1. The number of carbonyl (C=O) groups excluding carboxylic acids is 2. The maximum atomic E-state index is 14.2. The SMILES string of the molecule is COc1ccc(/C=C\c2cc(OC)c3c(c2)OCO3)cc1N(C(=O)OCC1c2ccccc2-c2ccccc21)C(=O)[C@@H](N)Cc1ccccc1. The molecule has 0 fully saturated rings. The molecule has 0 radical (unpaired) electrons. The van der Waals surface area contributed by atoms with Crippen LogP contribution in [0.4, 0.5) is 10.5 Å². The van der Waals surface area contributed by atoms with E-state index in [1.165, 1.54) is 7.11 Å². The highest BCUT2D eigenvalue weighted by Gasteiger charge is 2.34. The first-order valence-electron chi connectivity index (χ1n) is 16.3. The van der Waals surface area contributed by atoms with Crippen LogP contribution in [0.15, 0.2) is 109 Å². The van der Waals surface area contributed by atoms with Gasteiger partial charge in [-0.15, -0.1) is 0 Å². The second-order valence-corrected chi connectivity index (χ2v) is 12.0. The van der Waals surface area contributed by atoms with E-state index < -0.39 is 18.0 Å². The maximum Gasteiger partial charge on any atom is 0.421 e. The molecule has 0 saturated heterocycles. The first-order valence-corrected chi connectivity index (χ1v) is 16.3. The lowest BCUT2D eigenvalue weighted by molar-refractivity contribution is -0.119. The van der Waals surface area contributed by atoms with Crippen LogP contribution < -0.4 is 29.6 Å². The topological polar surface area (TPSA) is 110 Å². The number of carbonyl (C=O) groups is 2. The number of methoxy groups -OCH3 is 2. The maximum absolute atomic E-state index is 14.2. The van der Waals surface area contributed by atoms with Crippen molar-refractivity contribution in [1.29, 1.82) is 0 Å². The van der Waals surface area contributed by atoms with Gasteiger partial charge in [-0.25, -0.2) is 9.69 Å². The molecule has 1 aliphatic carbocycles. The Bertz CT molecular complexity index is 2030. The molecule has 0 bridgehead atoms. The van der Waals surface area contributed by atoms with Gasteiger partial charge in [0, 0.05) is 5.92 Å². The van der Waals surface area contributed by atoms with Gasteiger partial charge in [0.2, 0.25) is 12.5 Å². The number of ether oxygens (including phenoxy) is 5. The second-order valence-electron chi connectivity index (χ2n) is 12.0. The molecule has 0 unspecified atom stereocenters. The van der Waals surface area contributed by atoms with Crippen LogP contribution in [0.3, 0.4) is 0 Å². The van der Waals surface area contributed by atoms with Crippen LogP contribution >= 0.6 is 0 Å². The monoisotopic (exact) mass is 668 g/mol. The molecule has 7 rings (SSSR count). The zero-order valence-electron chi connectivity index (χ0n) is 27.7. The van der Waals surface area contributed by atoms with Crippen molar-refractivity contribution in [2.24, 2.45) is 5.73 Å². The number of fused-ring (bicyclic) bond motifs is 4. The molecule has 9 heteroatoms. The van der Waals surface area contributed by atoms with Crippen molar-refractivity contribution in [3.8, 4) is 34.1 Å². The quantitative estimate of drug-likeness (QED) is 0.153. The minimum Gasteiger partial charge on any atom is -0.495 e. The zero-order valence-corrected chi connectivity index (χ0v) is 27.7. The van der Waals surface area contributed by atoms with E-state index in [0.29, 0.717) is 28.6 Å². The van der Waals surface area contributed by atoms with Crippen LogP contribution in [0.1, 0.15) is 33.7 Å². The van der Waals surface area contributed by atoms with Crippen molar-refractivity contribution in [1.82, 2.24) is 0 Å². The molecule has 1 aliphatic heterocycles. The van der Waals surface area contributed by atoms with Gasteiger partial charge in [0.1, 0.15) is 12.4 Å². The van der Waals surface area contributed by atoms with Crippen LogP contribution in [-0.4, -0.2) is 45.7 Å². The molecule has 0 spiro atoms. The van der Waals surface area contributed by atoms with Gasteiger partial charge in [-0.05, 0) is 69.6 Å². The van der Waals surface area contributed by atoms with Gasteiger partial charge in [-0.2, -0.15) is 0 Å². The van der Waals surface area contributed by atoms with E-state index in [-0.39, 0.29) is 31.4 Å². The van der Waals surface area contributed by atoms with Gasteiger partial charge in [0.15, 0.2) is 11.5 Å². The molecular weight excluding hydrogens is 632 g/mol. The summed E-state index contributed by atoms with van der Waals surface area (Å²) in [6, 6.07) is 33.5.